The maximum atomic E-state index is 11.1. The van der Waals surface area contributed by atoms with Crippen LogP contribution in [0.2, 0.25) is 0 Å². The van der Waals surface area contributed by atoms with Gasteiger partial charge in [-0.1, -0.05) is 30.3 Å². The van der Waals surface area contributed by atoms with Crippen LogP contribution in [-0.2, 0) is 16.4 Å². The highest BCUT2D eigenvalue weighted by Gasteiger charge is 2.23. The van der Waals surface area contributed by atoms with Crippen LogP contribution in [0.4, 0.5) is 0 Å². The summed E-state index contributed by atoms with van der Waals surface area (Å²) >= 11 is 0. The molecule has 1 aliphatic heterocycles. The molecule has 0 amide bonds. The van der Waals surface area contributed by atoms with Crippen molar-refractivity contribution < 1.29 is 13.7 Å². The van der Waals surface area contributed by atoms with Crippen molar-refractivity contribution in [1.29, 1.82) is 0 Å². The lowest BCUT2D eigenvalue weighted by atomic mass is 10.2. The highest BCUT2D eigenvalue weighted by atomic mass is 32.2. The predicted molar refractivity (Wildman–Crippen MR) is 58.8 cm³/mol. The fraction of sp³-hybridized carbons (Fsp3) is 0.273. The molecule has 1 aromatic rings. The molecule has 1 heterocycles. The maximum Gasteiger partial charge on any atom is 0.177 e. The number of quaternary nitrogens is 1. The summed E-state index contributed by atoms with van der Waals surface area (Å²) in [5.41, 5.74) is 1.22. The first kappa shape index (κ1) is 10.4. The van der Waals surface area contributed by atoms with Crippen molar-refractivity contribution in [2.45, 2.75) is 12.6 Å². The second kappa shape index (κ2) is 4.16. The van der Waals surface area contributed by atoms with Gasteiger partial charge in [0.1, 0.15) is 18.3 Å². The van der Waals surface area contributed by atoms with Gasteiger partial charge in [-0.2, -0.15) is 0 Å². The van der Waals surface area contributed by atoms with E-state index in [1.165, 1.54) is 11.0 Å². The molecule has 0 saturated carbocycles. The highest BCUT2D eigenvalue weighted by molar-refractivity contribution is 7.94. The molecule has 1 aromatic carbocycles. The van der Waals surface area contributed by atoms with Gasteiger partial charge in [-0.3, -0.25) is 0 Å². The SMILES string of the molecule is O=S1(=O)C=CC([NH2+]Cc2ccccc2)C1. The van der Waals surface area contributed by atoms with E-state index in [0.717, 1.165) is 6.54 Å². The van der Waals surface area contributed by atoms with E-state index in [9.17, 15) is 8.42 Å². The van der Waals surface area contributed by atoms with Crippen molar-refractivity contribution >= 4 is 9.84 Å². The molecule has 2 N–H and O–H groups in total. The Morgan fingerprint density at radius 3 is 2.60 bits per heavy atom. The van der Waals surface area contributed by atoms with Gasteiger partial charge in [0.2, 0.25) is 0 Å². The van der Waals surface area contributed by atoms with Gasteiger partial charge >= 0.3 is 0 Å². The van der Waals surface area contributed by atoms with Crippen LogP contribution in [0.15, 0.2) is 41.8 Å². The third-order valence-corrected chi connectivity index (χ3v) is 3.88. The van der Waals surface area contributed by atoms with Crippen LogP contribution in [0.25, 0.3) is 0 Å². The molecule has 80 valence electrons. The van der Waals surface area contributed by atoms with Crippen LogP contribution in [0.3, 0.4) is 0 Å². The smallest absolute Gasteiger partial charge is 0.177 e. The minimum Gasteiger partial charge on any atom is -0.336 e. The molecule has 0 fully saturated rings. The van der Waals surface area contributed by atoms with E-state index in [4.69, 9.17) is 0 Å². The lowest BCUT2D eigenvalue weighted by Gasteiger charge is -2.05. The summed E-state index contributed by atoms with van der Waals surface area (Å²) in [6.45, 7) is 0.825. The van der Waals surface area contributed by atoms with Gasteiger partial charge in [-0.25, -0.2) is 8.42 Å². The van der Waals surface area contributed by atoms with Gasteiger partial charge in [0.25, 0.3) is 0 Å². The zero-order valence-electron chi connectivity index (χ0n) is 8.34. The van der Waals surface area contributed by atoms with Crippen LogP contribution >= 0.6 is 0 Å². The molecule has 0 aromatic heterocycles. The number of rotatable bonds is 3. The summed E-state index contributed by atoms with van der Waals surface area (Å²) in [6.07, 6.45) is 1.76. The van der Waals surface area contributed by atoms with Gasteiger partial charge in [0.15, 0.2) is 9.84 Å². The molecule has 0 radical (unpaired) electrons. The third-order valence-electron chi connectivity index (χ3n) is 2.46. The van der Waals surface area contributed by atoms with Crippen molar-refractivity contribution in [2.75, 3.05) is 5.75 Å². The fourth-order valence-electron chi connectivity index (χ4n) is 1.65. The standard InChI is InChI=1S/C11H13NO2S/c13-15(14)7-6-11(9-15)12-8-10-4-2-1-3-5-10/h1-7,11-12H,8-9H2/p+1. The summed E-state index contributed by atoms with van der Waals surface area (Å²) in [5, 5.41) is 3.37. The Morgan fingerprint density at radius 2 is 2.00 bits per heavy atom. The molecule has 0 aliphatic carbocycles. The quantitative estimate of drug-likeness (QED) is 0.789. The van der Waals surface area contributed by atoms with Crippen LogP contribution < -0.4 is 5.32 Å². The van der Waals surface area contributed by atoms with Crippen LogP contribution in [-0.4, -0.2) is 20.2 Å². The highest BCUT2D eigenvalue weighted by Crippen LogP contribution is 2.04. The van der Waals surface area contributed by atoms with Crippen LogP contribution in [0.5, 0.6) is 0 Å². The van der Waals surface area contributed by atoms with E-state index >= 15 is 0 Å². The van der Waals surface area contributed by atoms with Crippen molar-refractivity contribution in [1.82, 2.24) is 0 Å². The van der Waals surface area contributed by atoms with E-state index < -0.39 is 9.84 Å². The first-order chi connectivity index (χ1) is 7.16. The lowest BCUT2D eigenvalue weighted by molar-refractivity contribution is -0.690. The predicted octanol–water partition coefficient (Wildman–Crippen LogP) is 0.0607. The minimum absolute atomic E-state index is 0.0789. The average Bonchev–Trinajstić information content (AvgIpc) is 2.57. The molecule has 1 aliphatic rings. The Kier molecular flexibility index (Phi) is 2.88. The van der Waals surface area contributed by atoms with Crippen LogP contribution in [0, 0.1) is 0 Å². The largest absolute Gasteiger partial charge is 0.336 e. The minimum atomic E-state index is -2.91. The summed E-state index contributed by atoms with van der Waals surface area (Å²) in [7, 11) is -2.91. The van der Waals surface area contributed by atoms with E-state index in [-0.39, 0.29) is 11.8 Å². The zero-order chi connectivity index (χ0) is 10.7. The molecule has 1 unspecified atom stereocenters. The van der Waals surface area contributed by atoms with E-state index in [1.807, 2.05) is 30.3 Å². The summed E-state index contributed by atoms with van der Waals surface area (Å²) in [4.78, 5) is 0. The van der Waals surface area contributed by atoms with Gasteiger partial charge in [-0.15, -0.1) is 0 Å². The van der Waals surface area contributed by atoms with Gasteiger partial charge in [0.05, 0.1) is 0 Å². The normalized spacial score (nSPS) is 23.1. The van der Waals surface area contributed by atoms with Crippen molar-refractivity contribution in [3.05, 3.63) is 47.4 Å². The Labute approximate surface area is 89.7 Å². The summed E-state index contributed by atoms with van der Waals surface area (Å²) in [6, 6.07) is 10.1. The van der Waals surface area contributed by atoms with E-state index in [1.54, 1.807) is 6.08 Å². The molecule has 0 spiro atoms. The fourth-order valence-corrected chi connectivity index (χ4v) is 2.98. The number of sulfone groups is 1. The zero-order valence-corrected chi connectivity index (χ0v) is 9.15. The molecule has 0 saturated heterocycles. The first-order valence-corrected chi connectivity index (χ1v) is 6.65. The van der Waals surface area contributed by atoms with Crippen LogP contribution in [0.1, 0.15) is 5.56 Å². The van der Waals surface area contributed by atoms with E-state index in [0.29, 0.717) is 0 Å². The van der Waals surface area contributed by atoms with Crippen molar-refractivity contribution in [3.8, 4) is 0 Å². The lowest BCUT2D eigenvalue weighted by Crippen LogP contribution is -2.88. The molecule has 1 atom stereocenters. The molecular weight excluding hydrogens is 210 g/mol. The second-order valence-electron chi connectivity index (χ2n) is 3.75. The molecular formula is C11H14NO2S+. The Morgan fingerprint density at radius 1 is 1.27 bits per heavy atom. The third kappa shape index (κ3) is 2.91. The van der Waals surface area contributed by atoms with Gasteiger partial charge in [-0.05, 0) is 6.08 Å². The molecule has 4 heteroatoms. The Bertz CT molecular complexity index is 451. The van der Waals surface area contributed by atoms with Crippen molar-refractivity contribution in [2.24, 2.45) is 0 Å². The maximum absolute atomic E-state index is 11.1. The average molecular weight is 224 g/mol. The summed E-state index contributed by atoms with van der Waals surface area (Å²) < 4.78 is 22.3. The number of hydrogen-bond acceptors (Lipinski definition) is 2. The van der Waals surface area contributed by atoms with Gasteiger partial charge in [0, 0.05) is 11.0 Å². The number of benzene rings is 1. The molecule has 3 nitrogen and oxygen atoms in total. The van der Waals surface area contributed by atoms with E-state index in [2.05, 4.69) is 5.32 Å². The second-order valence-corrected chi connectivity index (χ2v) is 5.68. The topological polar surface area (TPSA) is 50.8 Å². The molecule has 15 heavy (non-hydrogen) atoms. The summed E-state index contributed by atoms with van der Waals surface area (Å²) in [5.74, 6) is 0.236. The number of hydrogen-bond donors (Lipinski definition) is 1. The first-order valence-electron chi connectivity index (χ1n) is 4.94. The van der Waals surface area contributed by atoms with Crippen molar-refractivity contribution in [3.63, 3.8) is 0 Å². The monoisotopic (exact) mass is 224 g/mol. The Hall–Kier alpha value is -1.13. The van der Waals surface area contributed by atoms with Gasteiger partial charge < -0.3 is 5.32 Å². The molecule has 2 rings (SSSR count). The Balaban J connectivity index is 1.89. The number of nitrogens with two attached hydrogens (primary N) is 1. The molecule has 0 bridgehead atoms.